The number of aryl methyl sites for hydroxylation is 3. The fraction of sp³-hybridized carbons (Fsp3) is 0.182. The number of benzene rings is 2. The van der Waals surface area contributed by atoms with Crippen LogP contribution in [0.15, 0.2) is 60.9 Å². The van der Waals surface area contributed by atoms with Crippen LogP contribution in [0.5, 0.6) is 0 Å². The summed E-state index contributed by atoms with van der Waals surface area (Å²) in [5.74, 6) is -0.971. The molecule has 0 amide bonds. The zero-order valence-electron chi connectivity index (χ0n) is 15.5. The van der Waals surface area contributed by atoms with E-state index in [1.54, 1.807) is 31.2 Å². The average Bonchev–Trinajstić information content (AvgIpc) is 2.67. The molecule has 1 aromatic heterocycles. The molecule has 0 N–H and O–H groups in total. The Hall–Kier alpha value is -3.34. The molecule has 2 aromatic carbocycles. The Kier molecular flexibility index (Phi) is 5.41. The standard InChI is InChI=1S/C22H20N2O3/c1-14-4-8-17(9-5-14)20(25)21(18-10-6-15(2)7-11-18)27-22(26)19-13-23-16(3)12-24-19/h4-13,21H,1-3H3/t21-/m0/s1. The fourth-order valence-electron chi connectivity index (χ4n) is 2.55. The minimum atomic E-state index is -1.05. The first-order chi connectivity index (χ1) is 12.9. The summed E-state index contributed by atoms with van der Waals surface area (Å²) in [4.78, 5) is 33.7. The highest BCUT2D eigenvalue weighted by Gasteiger charge is 2.27. The van der Waals surface area contributed by atoms with Crippen LogP contribution in [0.2, 0.25) is 0 Å². The third-order valence-electron chi connectivity index (χ3n) is 4.17. The number of ether oxygens (including phenoxy) is 1. The van der Waals surface area contributed by atoms with E-state index in [1.165, 1.54) is 12.4 Å². The summed E-state index contributed by atoms with van der Waals surface area (Å²) in [6.45, 7) is 5.68. The lowest BCUT2D eigenvalue weighted by molar-refractivity contribution is 0.0274. The Balaban J connectivity index is 1.93. The molecule has 0 spiro atoms. The second-order valence-corrected chi connectivity index (χ2v) is 6.47. The van der Waals surface area contributed by atoms with E-state index in [0.29, 0.717) is 16.8 Å². The second-order valence-electron chi connectivity index (χ2n) is 6.47. The van der Waals surface area contributed by atoms with Gasteiger partial charge in [-0.3, -0.25) is 9.78 Å². The Bertz CT molecular complexity index is 946. The average molecular weight is 360 g/mol. The van der Waals surface area contributed by atoms with E-state index in [0.717, 1.165) is 11.1 Å². The van der Waals surface area contributed by atoms with E-state index >= 15 is 0 Å². The number of hydrogen-bond acceptors (Lipinski definition) is 5. The van der Waals surface area contributed by atoms with Crippen LogP contribution in [0, 0.1) is 20.8 Å². The summed E-state index contributed by atoms with van der Waals surface area (Å²) in [6, 6.07) is 14.5. The van der Waals surface area contributed by atoms with Gasteiger partial charge in [-0.05, 0) is 20.8 Å². The normalized spacial score (nSPS) is 11.7. The Labute approximate surface area is 158 Å². The topological polar surface area (TPSA) is 69.2 Å². The van der Waals surface area contributed by atoms with Crippen molar-refractivity contribution in [3.8, 4) is 0 Å². The predicted octanol–water partition coefficient (Wildman–Crippen LogP) is 4.18. The first-order valence-corrected chi connectivity index (χ1v) is 8.61. The van der Waals surface area contributed by atoms with Crippen molar-refractivity contribution in [2.75, 3.05) is 0 Å². The van der Waals surface area contributed by atoms with E-state index < -0.39 is 12.1 Å². The van der Waals surface area contributed by atoms with Gasteiger partial charge in [0.2, 0.25) is 5.78 Å². The van der Waals surface area contributed by atoms with Crippen molar-refractivity contribution in [1.82, 2.24) is 9.97 Å². The van der Waals surface area contributed by atoms with Crippen molar-refractivity contribution in [1.29, 1.82) is 0 Å². The number of rotatable bonds is 5. The van der Waals surface area contributed by atoms with E-state index in [1.807, 2.05) is 38.1 Å². The summed E-state index contributed by atoms with van der Waals surface area (Å²) in [6.07, 6.45) is 1.78. The molecule has 0 saturated heterocycles. The van der Waals surface area contributed by atoms with E-state index in [2.05, 4.69) is 9.97 Å². The molecule has 27 heavy (non-hydrogen) atoms. The van der Waals surface area contributed by atoms with Crippen LogP contribution in [-0.4, -0.2) is 21.7 Å². The number of nitrogens with zero attached hydrogens (tertiary/aromatic N) is 2. The smallest absolute Gasteiger partial charge is 0.359 e. The zero-order valence-corrected chi connectivity index (χ0v) is 15.5. The summed E-state index contributed by atoms with van der Waals surface area (Å²) >= 11 is 0. The molecular formula is C22H20N2O3. The maximum absolute atomic E-state index is 13.0. The van der Waals surface area contributed by atoms with E-state index in [-0.39, 0.29) is 11.5 Å². The number of hydrogen-bond donors (Lipinski definition) is 0. The van der Waals surface area contributed by atoms with Crippen molar-refractivity contribution in [3.63, 3.8) is 0 Å². The Morgan fingerprint density at radius 2 is 1.41 bits per heavy atom. The molecular weight excluding hydrogens is 340 g/mol. The van der Waals surface area contributed by atoms with Gasteiger partial charge >= 0.3 is 5.97 Å². The molecule has 0 fully saturated rings. The molecule has 0 bridgehead atoms. The van der Waals surface area contributed by atoms with Crippen LogP contribution in [0.4, 0.5) is 0 Å². The lowest BCUT2D eigenvalue weighted by Crippen LogP contribution is -2.21. The lowest BCUT2D eigenvalue weighted by Gasteiger charge is -2.17. The highest BCUT2D eigenvalue weighted by atomic mass is 16.5. The third-order valence-corrected chi connectivity index (χ3v) is 4.17. The van der Waals surface area contributed by atoms with Gasteiger partial charge in [-0.25, -0.2) is 9.78 Å². The van der Waals surface area contributed by atoms with Gasteiger partial charge in [0.25, 0.3) is 0 Å². The minimum Gasteiger partial charge on any atom is -0.444 e. The molecule has 136 valence electrons. The number of esters is 1. The van der Waals surface area contributed by atoms with Gasteiger partial charge in [-0.2, -0.15) is 0 Å². The quantitative estimate of drug-likeness (QED) is 0.504. The first-order valence-electron chi connectivity index (χ1n) is 8.61. The number of aromatic nitrogens is 2. The van der Waals surface area contributed by atoms with E-state index in [4.69, 9.17) is 4.74 Å². The van der Waals surface area contributed by atoms with Gasteiger partial charge < -0.3 is 4.74 Å². The first kappa shape index (κ1) is 18.5. The van der Waals surface area contributed by atoms with Crippen LogP contribution in [0.1, 0.15) is 49.3 Å². The SMILES string of the molecule is Cc1ccc(C(=O)[C@@H](OC(=O)c2cnc(C)cn2)c2ccc(C)cc2)cc1. The molecule has 5 nitrogen and oxygen atoms in total. The molecule has 0 aliphatic rings. The summed E-state index contributed by atoms with van der Waals surface area (Å²) in [5, 5.41) is 0. The molecule has 0 radical (unpaired) electrons. The number of carbonyl (C=O) groups excluding carboxylic acids is 2. The Morgan fingerprint density at radius 3 is 1.96 bits per heavy atom. The molecule has 1 atom stereocenters. The largest absolute Gasteiger partial charge is 0.444 e. The van der Waals surface area contributed by atoms with Crippen LogP contribution in [-0.2, 0) is 4.74 Å². The monoisotopic (exact) mass is 360 g/mol. The maximum Gasteiger partial charge on any atom is 0.359 e. The van der Waals surface area contributed by atoms with Gasteiger partial charge in [0.1, 0.15) is 0 Å². The lowest BCUT2D eigenvalue weighted by atomic mass is 9.98. The van der Waals surface area contributed by atoms with Gasteiger partial charge in [-0.1, -0.05) is 59.7 Å². The predicted molar refractivity (Wildman–Crippen MR) is 102 cm³/mol. The van der Waals surface area contributed by atoms with Crippen molar-refractivity contribution in [3.05, 3.63) is 94.6 Å². The minimum absolute atomic E-state index is 0.0643. The molecule has 0 unspecified atom stereocenters. The maximum atomic E-state index is 13.0. The fourth-order valence-corrected chi connectivity index (χ4v) is 2.55. The highest BCUT2D eigenvalue weighted by molar-refractivity contribution is 6.01. The highest BCUT2D eigenvalue weighted by Crippen LogP contribution is 2.24. The van der Waals surface area contributed by atoms with Crippen molar-refractivity contribution in [2.24, 2.45) is 0 Å². The van der Waals surface area contributed by atoms with Crippen molar-refractivity contribution in [2.45, 2.75) is 26.9 Å². The number of ketones is 1. The van der Waals surface area contributed by atoms with Crippen LogP contribution >= 0.6 is 0 Å². The molecule has 0 saturated carbocycles. The molecule has 0 aliphatic carbocycles. The second kappa shape index (κ2) is 7.91. The zero-order chi connectivity index (χ0) is 19.4. The van der Waals surface area contributed by atoms with Gasteiger partial charge in [0, 0.05) is 17.3 Å². The van der Waals surface area contributed by atoms with Crippen molar-refractivity contribution >= 4 is 11.8 Å². The third kappa shape index (κ3) is 4.44. The molecule has 3 rings (SSSR count). The number of Topliss-reactive ketones (excluding diaryl/α,β-unsaturated/α-hetero) is 1. The van der Waals surface area contributed by atoms with Crippen LogP contribution in [0.3, 0.4) is 0 Å². The Morgan fingerprint density at radius 1 is 0.815 bits per heavy atom. The van der Waals surface area contributed by atoms with Crippen molar-refractivity contribution < 1.29 is 14.3 Å². The summed E-state index contributed by atoms with van der Waals surface area (Å²) < 4.78 is 5.56. The van der Waals surface area contributed by atoms with Gasteiger partial charge in [-0.15, -0.1) is 0 Å². The molecule has 3 aromatic rings. The van der Waals surface area contributed by atoms with E-state index in [9.17, 15) is 9.59 Å². The molecule has 0 aliphatic heterocycles. The van der Waals surface area contributed by atoms with Gasteiger partial charge in [0.05, 0.1) is 11.9 Å². The summed E-state index contributed by atoms with van der Waals surface area (Å²) in [5.41, 5.74) is 3.95. The summed E-state index contributed by atoms with van der Waals surface area (Å²) in [7, 11) is 0. The molecule has 1 heterocycles. The van der Waals surface area contributed by atoms with Gasteiger partial charge in [0.15, 0.2) is 11.8 Å². The van der Waals surface area contributed by atoms with Crippen LogP contribution in [0.25, 0.3) is 0 Å². The van der Waals surface area contributed by atoms with Crippen LogP contribution < -0.4 is 0 Å². The number of carbonyl (C=O) groups is 2. The molecule has 5 heteroatoms.